The highest BCUT2D eigenvalue weighted by atomic mass is 16.5. The third-order valence-corrected chi connectivity index (χ3v) is 5.52. The Hall–Kier alpha value is -3.06. The molecule has 2 aliphatic heterocycles. The minimum Gasteiger partial charge on any atom is -0.481 e. The molecule has 1 N–H and O–H groups in total. The topological polar surface area (TPSA) is 65.1 Å². The van der Waals surface area contributed by atoms with Gasteiger partial charge in [0.15, 0.2) is 0 Å². The molecule has 0 saturated carbocycles. The fourth-order valence-electron chi connectivity index (χ4n) is 4.19. The van der Waals surface area contributed by atoms with E-state index in [0.717, 1.165) is 18.5 Å². The van der Waals surface area contributed by atoms with Crippen LogP contribution in [0.2, 0.25) is 0 Å². The smallest absolute Gasteiger partial charge is 0.325 e. The van der Waals surface area contributed by atoms with E-state index in [2.05, 4.69) is 10.2 Å². The van der Waals surface area contributed by atoms with Gasteiger partial charge in [0.2, 0.25) is 5.91 Å². The maximum atomic E-state index is 13.4. The molecular formula is C23H28N4O3. The summed E-state index contributed by atoms with van der Waals surface area (Å²) >= 11 is 0. The van der Waals surface area contributed by atoms with Crippen molar-refractivity contribution in [3.05, 3.63) is 54.1 Å². The van der Waals surface area contributed by atoms with E-state index in [1.165, 1.54) is 6.92 Å². The molecule has 0 aromatic heterocycles. The highest BCUT2D eigenvalue weighted by Crippen LogP contribution is 2.45. The van der Waals surface area contributed by atoms with Crippen LogP contribution in [-0.2, 0) is 4.79 Å². The van der Waals surface area contributed by atoms with E-state index in [-0.39, 0.29) is 24.1 Å². The Kier molecular flexibility index (Phi) is 5.63. The van der Waals surface area contributed by atoms with Crippen molar-refractivity contribution >= 4 is 23.3 Å². The molecular weight excluding hydrogens is 380 g/mol. The molecule has 2 aliphatic rings. The lowest BCUT2D eigenvalue weighted by Crippen LogP contribution is -2.43. The molecule has 1 fully saturated rings. The number of rotatable bonds is 6. The van der Waals surface area contributed by atoms with Crippen LogP contribution in [-0.4, -0.2) is 61.5 Å². The summed E-state index contributed by atoms with van der Waals surface area (Å²) in [5.41, 5.74) is 2.41. The number of nitrogens with zero attached hydrogens (tertiary/aromatic N) is 3. The summed E-state index contributed by atoms with van der Waals surface area (Å²) < 4.78 is 6.39. The van der Waals surface area contributed by atoms with Gasteiger partial charge in [0.25, 0.3) is 0 Å². The Morgan fingerprint density at radius 2 is 1.97 bits per heavy atom. The minimum atomic E-state index is -0.242. The minimum absolute atomic E-state index is 0.00999. The molecule has 1 saturated heterocycles. The second kappa shape index (κ2) is 8.36. The summed E-state index contributed by atoms with van der Waals surface area (Å²) in [6, 6.07) is 15.4. The molecule has 0 spiro atoms. The molecule has 2 aromatic rings. The Morgan fingerprint density at radius 3 is 2.67 bits per heavy atom. The van der Waals surface area contributed by atoms with Gasteiger partial charge >= 0.3 is 6.03 Å². The number of hydrogen-bond acceptors (Lipinski definition) is 4. The molecule has 2 unspecified atom stereocenters. The molecule has 2 aromatic carbocycles. The zero-order chi connectivity index (χ0) is 21.3. The number of ether oxygens (including phenoxy) is 1. The lowest BCUT2D eigenvalue weighted by molar-refractivity contribution is -0.114. The number of carbonyl (C=O) groups is 2. The van der Waals surface area contributed by atoms with E-state index < -0.39 is 0 Å². The van der Waals surface area contributed by atoms with Gasteiger partial charge in [-0.05, 0) is 50.8 Å². The number of amides is 3. The van der Waals surface area contributed by atoms with Crippen molar-refractivity contribution in [2.24, 2.45) is 0 Å². The molecule has 0 aliphatic carbocycles. The number of fused-ring (bicyclic) bond motifs is 3. The first kappa shape index (κ1) is 20.2. The highest BCUT2D eigenvalue weighted by Gasteiger charge is 2.47. The van der Waals surface area contributed by atoms with Crippen LogP contribution in [0.15, 0.2) is 48.5 Å². The van der Waals surface area contributed by atoms with E-state index in [4.69, 9.17) is 4.74 Å². The summed E-state index contributed by atoms with van der Waals surface area (Å²) in [6.07, 6.45) is 0.669. The Morgan fingerprint density at radius 1 is 1.20 bits per heavy atom. The van der Waals surface area contributed by atoms with Crippen molar-refractivity contribution in [1.29, 1.82) is 0 Å². The third-order valence-electron chi connectivity index (χ3n) is 5.52. The molecule has 4 rings (SSSR count). The van der Waals surface area contributed by atoms with Gasteiger partial charge in [-0.25, -0.2) is 4.79 Å². The zero-order valence-electron chi connectivity index (χ0n) is 17.7. The fraction of sp³-hybridized carbons (Fsp3) is 0.391. The Labute approximate surface area is 177 Å². The molecule has 7 nitrogen and oxygen atoms in total. The van der Waals surface area contributed by atoms with Gasteiger partial charge in [-0.1, -0.05) is 30.3 Å². The number of hydrogen-bond donors (Lipinski definition) is 1. The summed E-state index contributed by atoms with van der Waals surface area (Å²) in [4.78, 5) is 30.8. The van der Waals surface area contributed by atoms with Crippen molar-refractivity contribution in [2.75, 3.05) is 43.9 Å². The van der Waals surface area contributed by atoms with Crippen LogP contribution in [0.3, 0.4) is 0 Å². The van der Waals surface area contributed by atoms with Gasteiger partial charge in [0, 0.05) is 25.7 Å². The molecule has 2 heterocycles. The van der Waals surface area contributed by atoms with Gasteiger partial charge in [0.05, 0.1) is 11.7 Å². The van der Waals surface area contributed by atoms with E-state index in [1.54, 1.807) is 6.07 Å². The van der Waals surface area contributed by atoms with E-state index >= 15 is 0 Å². The van der Waals surface area contributed by atoms with Gasteiger partial charge in [0.1, 0.15) is 11.9 Å². The Balaban J connectivity index is 1.68. The number of carbonyl (C=O) groups excluding carboxylic acids is 2. The quantitative estimate of drug-likeness (QED) is 0.796. The molecule has 30 heavy (non-hydrogen) atoms. The van der Waals surface area contributed by atoms with E-state index in [1.807, 2.05) is 66.4 Å². The maximum Gasteiger partial charge on any atom is 0.325 e. The average Bonchev–Trinajstić information content (AvgIpc) is 3.04. The van der Waals surface area contributed by atoms with Gasteiger partial charge in [-0.2, -0.15) is 0 Å². The van der Waals surface area contributed by atoms with Crippen LogP contribution < -0.4 is 15.0 Å². The van der Waals surface area contributed by atoms with Crippen molar-refractivity contribution in [1.82, 2.24) is 9.80 Å². The summed E-state index contributed by atoms with van der Waals surface area (Å²) in [7, 11) is 4.07. The third kappa shape index (κ3) is 3.98. The first-order valence-electron chi connectivity index (χ1n) is 10.3. The predicted octanol–water partition coefficient (Wildman–Crippen LogP) is 3.34. The van der Waals surface area contributed by atoms with Crippen LogP contribution >= 0.6 is 0 Å². The first-order chi connectivity index (χ1) is 14.4. The van der Waals surface area contributed by atoms with E-state index in [9.17, 15) is 9.59 Å². The van der Waals surface area contributed by atoms with Crippen molar-refractivity contribution < 1.29 is 14.3 Å². The molecule has 158 valence electrons. The van der Waals surface area contributed by atoms with Crippen molar-refractivity contribution in [3.63, 3.8) is 0 Å². The summed E-state index contributed by atoms with van der Waals surface area (Å²) in [5.74, 6) is 0.501. The van der Waals surface area contributed by atoms with Crippen LogP contribution in [0.4, 0.5) is 16.2 Å². The van der Waals surface area contributed by atoms with Crippen molar-refractivity contribution in [3.8, 4) is 5.75 Å². The maximum absolute atomic E-state index is 13.4. The van der Waals surface area contributed by atoms with Crippen LogP contribution in [0, 0.1) is 0 Å². The second-order valence-corrected chi connectivity index (χ2v) is 8.14. The fourth-order valence-corrected chi connectivity index (χ4v) is 4.19. The zero-order valence-corrected chi connectivity index (χ0v) is 17.7. The number of anilines is 2. The lowest BCUT2D eigenvalue weighted by atomic mass is 9.99. The summed E-state index contributed by atoms with van der Waals surface area (Å²) in [5, 5.41) is 2.80. The second-order valence-electron chi connectivity index (χ2n) is 8.14. The number of nitrogens with one attached hydrogen (secondary N) is 1. The first-order valence-corrected chi connectivity index (χ1v) is 10.3. The molecule has 7 heteroatoms. The number of urea groups is 1. The van der Waals surface area contributed by atoms with Crippen molar-refractivity contribution in [2.45, 2.75) is 25.5 Å². The van der Waals surface area contributed by atoms with Gasteiger partial charge in [-0.3, -0.25) is 9.69 Å². The summed E-state index contributed by atoms with van der Waals surface area (Å²) in [6.45, 7) is 3.70. The highest BCUT2D eigenvalue weighted by molar-refractivity contribution is 5.99. The standard InChI is InChI=1S/C23H28N4O3/c1-16(28)24-18-10-11-21-19(14-18)27-20(22(30-21)17-8-5-4-6-9-17)15-26(23(27)29)13-7-12-25(2)3/h4-6,8-11,14,20,22H,7,12-13,15H2,1-3H3,(H,24,28). The average molecular weight is 409 g/mol. The Bertz CT molecular complexity index is 931. The lowest BCUT2D eigenvalue weighted by Gasteiger charge is -2.37. The molecule has 0 radical (unpaired) electrons. The monoisotopic (exact) mass is 408 g/mol. The van der Waals surface area contributed by atoms with Gasteiger partial charge in [-0.15, -0.1) is 0 Å². The predicted molar refractivity (Wildman–Crippen MR) is 117 cm³/mol. The SMILES string of the molecule is CC(=O)Nc1ccc2c(c1)N1C(=O)N(CCCN(C)C)CC1C(c1ccccc1)O2. The molecule has 2 atom stereocenters. The largest absolute Gasteiger partial charge is 0.481 e. The van der Waals surface area contributed by atoms with Crippen LogP contribution in [0.25, 0.3) is 0 Å². The van der Waals surface area contributed by atoms with Gasteiger partial charge < -0.3 is 19.9 Å². The number of benzene rings is 2. The normalized spacial score (nSPS) is 20.1. The van der Waals surface area contributed by atoms with Crippen LogP contribution in [0.5, 0.6) is 5.75 Å². The van der Waals surface area contributed by atoms with Crippen LogP contribution in [0.1, 0.15) is 25.0 Å². The molecule has 3 amide bonds. The van der Waals surface area contributed by atoms with E-state index in [0.29, 0.717) is 30.2 Å². The molecule has 0 bridgehead atoms.